The Labute approximate surface area is 122 Å². The zero-order valence-corrected chi connectivity index (χ0v) is 12.2. The molecule has 0 aliphatic heterocycles. The maximum absolute atomic E-state index is 5.90. The molecule has 0 aliphatic rings. The summed E-state index contributed by atoms with van der Waals surface area (Å²) in [6.45, 7) is 0. The lowest BCUT2D eigenvalue weighted by atomic mass is 10.1. The molecule has 102 valence electrons. The Hall–Kier alpha value is -2.00. The van der Waals surface area contributed by atoms with Crippen LogP contribution in [0.3, 0.4) is 0 Å². The van der Waals surface area contributed by atoms with Gasteiger partial charge in [0, 0.05) is 24.6 Å². The second-order valence-corrected chi connectivity index (χ2v) is 4.95. The van der Waals surface area contributed by atoms with Crippen LogP contribution >= 0.6 is 11.6 Å². The van der Waals surface area contributed by atoms with Crippen LogP contribution in [0.5, 0.6) is 5.75 Å². The Kier molecular flexibility index (Phi) is 3.36. The van der Waals surface area contributed by atoms with E-state index in [9.17, 15) is 0 Å². The van der Waals surface area contributed by atoms with Crippen LogP contribution in [0.2, 0.25) is 0 Å². The second kappa shape index (κ2) is 5.17. The largest absolute Gasteiger partial charge is 0.497 e. The highest BCUT2D eigenvalue weighted by atomic mass is 35.5. The first-order valence-corrected chi connectivity index (χ1v) is 6.92. The topological polar surface area (TPSA) is 27.1 Å². The van der Waals surface area contributed by atoms with Gasteiger partial charge < -0.3 is 9.30 Å². The van der Waals surface area contributed by atoms with Gasteiger partial charge in [0.15, 0.2) is 0 Å². The van der Waals surface area contributed by atoms with Crippen molar-refractivity contribution in [2.75, 3.05) is 7.11 Å². The lowest BCUT2D eigenvalue weighted by molar-refractivity contribution is 0.415. The number of benzene rings is 2. The van der Waals surface area contributed by atoms with Crippen molar-refractivity contribution < 1.29 is 4.74 Å². The Morgan fingerprint density at radius 3 is 2.80 bits per heavy atom. The summed E-state index contributed by atoms with van der Waals surface area (Å²) in [4.78, 5) is 4.71. The van der Waals surface area contributed by atoms with Gasteiger partial charge in [-0.1, -0.05) is 18.2 Å². The standard InChI is InChI=1S/C16H15ClN2O/c1-19-15-7-6-13(20-2)9-14(15)18-16(19)12-5-3-4-11(8-12)10-17/h3-9H,10H2,1-2H3. The van der Waals surface area contributed by atoms with Gasteiger partial charge in [-0.15, -0.1) is 11.6 Å². The first kappa shape index (κ1) is 13.0. The first-order valence-electron chi connectivity index (χ1n) is 6.38. The molecule has 4 heteroatoms. The van der Waals surface area contributed by atoms with Gasteiger partial charge in [-0.2, -0.15) is 0 Å². The zero-order valence-electron chi connectivity index (χ0n) is 11.4. The number of aryl methyl sites for hydroxylation is 1. The van der Waals surface area contributed by atoms with E-state index in [4.69, 9.17) is 21.3 Å². The highest BCUT2D eigenvalue weighted by Gasteiger charge is 2.10. The minimum Gasteiger partial charge on any atom is -0.497 e. The maximum Gasteiger partial charge on any atom is 0.140 e. The van der Waals surface area contributed by atoms with Crippen LogP contribution in [0.25, 0.3) is 22.4 Å². The van der Waals surface area contributed by atoms with Gasteiger partial charge in [-0.25, -0.2) is 4.98 Å². The van der Waals surface area contributed by atoms with Crippen LogP contribution < -0.4 is 4.74 Å². The summed E-state index contributed by atoms with van der Waals surface area (Å²) < 4.78 is 7.33. The number of nitrogens with zero attached hydrogens (tertiary/aromatic N) is 2. The predicted molar refractivity (Wildman–Crippen MR) is 82.3 cm³/mol. The van der Waals surface area contributed by atoms with Crippen molar-refractivity contribution in [1.82, 2.24) is 9.55 Å². The van der Waals surface area contributed by atoms with Crippen LogP contribution in [0.15, 0.2) is 42.5 Å². The van der Waals surface area contributed by atoms with Crippen molar-refractivity contribution in [3.05, 3.63) is 48.0 Å². The lowest BCUT2D eigenvalue weighted by Crippen LogP contribution is -1.93. The van der Waals surface area contributed by atoms with Crippen LogP contribution in [-0.4, -0.2) is 16.7 Å². The molecule has 0 unspecified atom stereocenters. The van der Waals surface area contributed by atoms with E-state index in [1.165, 1.54) is 0 Å². The molecule has 0 aliphatic carbocycles. The number of fused-ring (bicyclic) bond motifs is 1. The normalized spacial score (nSPS) is 10.9. The van der Waals surface area contributed by atoms with E-state index in [-0.39, 0.29) is 0 Å². The Bertz CT molecular complexity index is 764. The summed E-state index contributed by atoms with van der Waals surface area (Å²) >= 11 is 5.90. The van der Waals surface area contributed by atoms with Gasteiger partial charge in [-0.05, 0) is 23.8 Å². The van der Waals surface area contributed by atoms with E-state index in [2.05, 4.69) is 16.7 Å². The summed E-state index contributed by atoms with van der Waals surface area (Å²) in [5, 5.41) is 0. The summed E-state index contributed by atoms with van der Waals surface area (Å²) in [5.41, 5.74) is 4.17. The minimum absolute atomic E-state index is 0.506. The fourth-order valence-corrected chi connectivity index (χ4v) is 2.52. The van der Waals surface area contributed by atoms with E-state index in [1.54, 1.807) is 7.11 Å². The third kappa shape index (κ3) is 2.14. The molecule has 3 aromatic rings. The van der Waals surface area contributed by atoms with Gasteiger partial charge in [0.25, 0.3) is 0 Å². The SMILES string of the molecule is COc1ccc2c(c1)nc(-c1cccc(CCl)c1)n2C. The van der Waals surface area contributed by atoms with E-state index < -0.39 is 0 Å². The van der Waals surface area contributed by atoms with Crippen molar-refractivity contribution in [3.63, 3.8) is 0 Å². The van der Waals surface area contributed by atoms with Crippen LogP contribution in [0.4, 0.5) is 0 Å². The minimum atomic E-state index is 0.506. The molecule has 0 atom stereocenters. The average molecular weight is 287 g/mol. The summed E-state index contributed by atoms with van der Waals surface area (Å²) in [7, 11) is 3.68. The van der Waals surface area contributed by atoms with Gasteiger partial charge in [0.05, 0.1) is 18.1 Å². The number of hydrogen-bond donors (Lipinski definition) is 0. The van der Waals surface area contributed by atoms with Crippen molar-refractivity contribution in [2.45, 2.75) is 5.88 Å². The molecule has 0 saturated heterocycles. The summed E-state index contributed by atoms with van der Waals surface area (Å²) in [6, 6.07) is 14.1. The smallest absolute Gasteiger partial charge is 0.140 e. The summed E-state index contributed by atoms with van der Waals surface area (Å²) in [6.07, 6.45) is 0. The highest BCUT2D eigenvalue weighted by molar-refractivity contribution is 6.17. The number of aromatic nitrogens is 2. The van der Waals surface area contributed by atoms with E-state index in [1.807, 2.05) is 37.4 Å². The van der Waals surface area contributed by atoms with Crippen molar-refractivity contribution in [2.24, 2.45) is 7.05 Å². The van der Waals surface area contributed by atoms with E-state index in [0.717, 1.165) is 33.7 Å². The third-order valence-corrected chi connectivity index (χ3v) is 3.74. The molecule has 0 bridgehead atoms. The molecule has 3 rings (SSSR count). The highest BCUT2D eigenvalue weighted by Crippen LogP contribution is 2.27. The van der Waals surface area contributed by atoms with Crippen LogP contribution in [-0.2, 0) is 12.9 Å². The zero-order chi connectivity index (χ0) is 14.1. The number of hydrogen-bond acceptors (Lipinski definition) is 2. The number of rotatable bonds is 3. The molecule has 0 spiro atoms. The molecule has 1 heterocycles. The Balaban J connectivity index is 2.18. The van der Waals surface area contributed by atoms with Crippen LogP contribution in [0, 0.1) is 0 Å². The van der Waals surface area contributed by atoms with E-state index >= 15 is 0 Å². The Morgan fingerprint density at radius 1 is 1.20 bits per heavy atom. The Morgan fingerprint density at radius 2 is 2.05 bits per heavy atom. The number of alkyl halides is 1. The quantitative estimate of drug-likeness (QED) is 0.681. The van der Waals surface area contributed by atoms with Gasteiger partial charge >= 0.3 is 0 Å². The molecule has 20 heavy (non-hydrogen) atoms. The molecular weight excluding hydrogens is 272 g/mol. The molecule has 0 radical (unpaired) electrons. The third-order valence-electron chi connectivity index (χ3n) is 3.43. The average Bonchev–Trinajstić information content (AvgIpc) is 2.83. The number of methoxy groups -OCH3 is 1. The lowest BCUT2D eigenvalue weighted by Gasteiger charge is -2.04. The molecule has 0 fully saturated rings. The number of halogens is 1. The van der Waals surface area contributed by atoms with E-state index in [0.29, 0.717) is 5.88 Å². The molecule has 3 nitrogen and oxygen atoms in total. The van der Waals surface area contributed by atoms with Crippen LogP contribution in [0.1, 0.15) is 5.56 Å². The molecule has 2 aromatic carbocycles. The fraction of sp³-hybridized carbons (Fsp3) is 0.188. The monoisotopic (exact) mass is 286 g/mol. The molecule has 0 saturated carbocycles. The molecule has 0 N–H and O–H groups in total. The van der Waals surface area contributed by atoms with Gasteiger partial charge in [0.2, 0.25) is 0 Å². The predicted octanol–water partition coefficient (Wildman–Crippen LogP) is 3.99. The van der Waals surface area contributed by atoms with Crippen molar-refractivity contribution in [3.8, 4) is 17.1 Å². The fourth-order valence-electron chi connectivity index (χ4n) is 2.36. The van der Waals surface area contributed by atoms with Gasteiger partial charge in [-0.3, -0.25) is 0 Å². The second-order valence-electron chi connectivity index (χ2n) is 4.68. The molecular formula is C16H15ClN2O. The van der Waals surface area contributed by atoms with Crippen molar-refractivity contribution in [1.29, 1.82) is 0 Å². The first-order chi connectivity index (χ1) is 9.72. The molecule has 0 amide bonds. The van der Waals surface area contributed by atoms with Crippen molar-refractivity contribution >= 4 is 22.6 Å². The number of imidazole rings is 1. The summed E-state index contributed by atoms with van der Waals surface area (Å²) in [5.74, 6) is 2.25. The number of ether oxygens (including phenoxy) is 1. The molecule has 1 aromatic heterocycles. The van der Waals surface area contributed by atoms with Gasteiger partial charge in [0.1, 0.15) is 11.6 Å². The maximum atomic E-state index is 5.90.